The Kier molecular flexibility index (Phi) is 5.20. The van der Waals surface area contributed by atoms with Crippen LogP contribution in [0, 0.1) is 0 Å². The van der Waals surface area contributed by atoms with E-state index in [9.17, 15) is 4.79 Å². The zero-order chi connectivity index (χ0) is 14.5. The molecule has 1 heterocycles. The molecule has 0 spiro atoms. The molecule has 2 rings (SSSR count). The van der Waals surface area contributed by atoms with E-state index in [4.69, 9.17) is 9.84 Å². The maximum atomic E-state index is 11.1. The van der Waals surface area contributed by atoms with E-state index in [1.807, 2.05) is 24.3 Å². The lowest BCUT2D eigenvalue weighted by molar-refractivity contribution is 0.0696. The Balaban J connectivity index is 1.93. The topological polar surface area (TPSA) is 46.5 Å². The van der Waals surface area contributed by atoms with Gasteiger partial charge in [-0.2, -0.15) is 0 Å². The van der Waals surface area contributed by atoms with Gasteiger partial charge in [-0.25, -0.2) is 4.79 Å². The minimum Gasteiger partial charge on any atom is -0.497 e. The van der Waals surface area contributed by atoms with Crippen LogP contribution in [0.25, 0.3) is 0 Å². The smallest absolute Gasteiger partial charge is 0.336 e. The molecule has 3 nitrogen and oxygen atoms in total. The molecule has 1 N–H and O–H groups in total. The first-order valence-electron chi connectivity index (χ1n) is 6.24. The van der Waals surface area contributed by atoms with E-state index in [1.165, 1.54) is 16.9 Å². The fourth-order valence-corrected chi connectivity index (χ4v) is 3.74. The molecule has 0 aliphatic carbocycles. The number of ether oxygens (including phenoxy) is 1. The van der Waals surface area contributed by atoms with Crippen LogP contribution in [-0.2, 0) is 12.8 Å². The number of halogens is 1. The molecule has 0 atom stereocenters. The van der Waals surface area contributed by atoms with Crippen LogP contribution in [0.15, 0.2) is 34.1 Å². The highest BCUT2D eigenvalue weighted by molar-refractivity contribution is 9.11. The third-order valence-electron chi connectivity index (χ3n) is 3.04. The van der Waals surface area contributed by atoms with Gasteiger partial charge >= 0.3 is 5.97 Å². The second-order valence-electron chi connectivity index (χ2n) is 4.39. The van der Waals surface area contributed by atoms with Crippen LogP contribution in [0.3, 0.4) is 0 Å². The van der Waals surface area contributed by atoms with Crippen LogP contribution < -0.4 is 4.74 Å². The number of methoxy groups -OCH3 is 1. The molecule has 0 saturated carbocycles. The number of carboxylic acids is 1. The van der Waals surface area contributed by atoms with Gasteiger partial charge in [0.1, 0.15) is 5.75 Å². The number of hydrogen-bond donors (Lipinski definition) is 1. The first kappa shape index (κ1) is 15.1. The third kappa shape index (κ3) is 3.84. The lowest BCUT2D eigenvalue weighted by Gasteiger charge is -2.03. The van der Waals surface area contributed by atoms with Gasteiger partial charge in [-0.05, 0) is 59.0 Å². The maximum Gasteiger partial charge on any atom is 0.336 e. The normalized spacial score (nSPS) is 10.5. The van der Waals surface area contributed by atoms with Gasteiger partial charge in [0.05, 0.1) is 16.5 Å². The van der Waals surface area contributed by atoms with Crippen LogP contribution in [-0.4, -0.2) is 18.2 Å². The van der Waals surface area contributed by atoms with E-state index in [2.05, 4.69) is 15.9 Å². The second kappa shape index (κ2) is 6.90. The summed E-state index contributed by atoms with van der Waals surface area (Å²) in [5, 5.41) is 9.12. The summed E-state index contributed by atoms with van der Waals surface area (Å²) in [6, 6.07) is 9.65. The van der Waals surface area contributed by atoms with Gasteiger partial charge in [0.15, 0.2) is 0 Å². The Morgan fingerprint density at radius 1 is 1.30 bits per heavy atom. The van der Waals surface area contributed by atoms with Crippen LogP contribution in [0.1, 0.15) is 27.2 Å². The highest BCUT2D eigenvalue weighted by atomic mass is 79.9. The van der Waals surface area contributed by atoms with Gasteiger partial charge in [-0.1, -0.05) is 12.1 Å². The fraction of sp³-hybridized carbons (Fsp3) is 0.267. The Labute approximate surface area is 130 Å². The minimum atomic E-state index is -0.855. The Bertz CT molecular complexity index is 590. The number of carboxylic acid groups (broad SMARTS) is 1. The molecule has 0 aliphatic heterocycles. The summed E-state index contributed by atoms with van der Waals surface area (Å²) in [5.41, 5.74) is 1.65. The molecular weight excluding hydrogens is 340 g/mol. The minimum absolute atomic E-state index is 0.414. The van der Waals surface area contributed by atoms with Crippen LogP contribution in [0.2, 0.25) is 0 Å². The summed E-state index contributed by atoms with van der Waals surface area (Å²) in [5.74, 6) is -0.00417. The molecule has 0 bridgehead atoms. The standard InChI is InChI=1S/C15H15BrO3S/c1-19-11-7-5-10(6-8-11)3-2-4-13-12(15(17)18)9-14(16)20-13/h5-9H,2-4H2,1H3,(H,17,18). The molecule has 106 valence electrons. The van der Waals surface area contributed by atoms with Crippen LogP contribution in [0.4, 0.5) is 0 Å². The number of thiophene rings is 1. The quantitative estimate of drug-likeness (QED) is 0.836. The number of carbonyl (C=O) groups is 1. The summed E-state index contributed by atoms with van der Waals surface area (Å²) in [4.78, 5) is 12.0. The molecule has 5 heteroatoms. The van der Waals surface area contributed by atoms with Crippen molar-refractivity contribution in [3.63, 3.8) is 0 Å². The van der Waals surface area contributed by atoms with E-state index in [0.717, 1.165) is 33.7 Å². The van der Waals surface area contributed by atoms with Gasteiger partial charge in [0, 0.05) is 4.88 Å². The van der Waals surface area contributed by atoms with E-state index < -0.39 is 5.97 Å². The highest BCUT2D eigenvalue weighted by Crippen LogP contribution is 2.28. The molecule has 0 radical (unpaired) electrons. The summed E-state index contributed by atoms with van der Waals surface area (Å²) < 4.78 is 5.99. The van der Waals surface area contributed by atoms with Gasteiger partial charge in [0.25, 0.3) is 0 Å². The van der Waals surface area contributed by atoms with Crippen molar-refractivity contribution < 1.29 is 14.6 Å². The van der Waals surface area contributed by atoms with E-state index in [-0.39, 0.29) is 0 Å². The van der Waals surface area contributed by atoms with Crippen molar-refractivity contribution in [1.82, 2.24) is 0 Å². The highest BCUT2D eigenvalue weighted by Gasteiger charge is 2.13. The Morgan fingerprint density at radius 3 is 2.60 bits per heavy atom. The molecular formula is C15H15BrO3S. The van der Waals surface area contributed by atoms with Crippen molar-refractivity contribution in [2.45, 2.75) is 19.3 Å². The zero-order valence-corrected chi connectivity index (χ0v) is 13.5. The SMILES string of the molecule is COc1ccc(CCCc2sc(Br)cc2C(=O)O)cc1. The molecule has 20 heavy (non-hydrogen) atoms. The molecule has 0 fully saturated rings. The number of rotatable bonds is 6. The Morgan fingerprint density at radius 2 is 2.00 bits per heavy atom. The molecule has 0 amide bonds. The van der Waals surface area contributed by atoms with Crippen LogP contribution >= 0.6 is 27.3 Å². The van der Waals surface area contributed by atoms with Gasteiger partial charge in [0.2, 0.25) is 0 Å². The van der Waals surface area contributed by atoms with Crippen molar-refractivity contribution in [1.29, 1.82) is 0 Å². The fourth-order valence-electron chi connectivity index (χ4n) is 2.01. The van der Waals surface area contributed by atoms with Crippen molar-refractivity contribution in [3.05, 3.63) is 50.1 Å². The summed E-state index contributed by atoms with van der Waals surface area (Å²) in [6.07, 6.45) is 2.64. The van der Waals surface area contributed by atoms with Crippen LogP contribution in [0.5, 0.6) is 5.75 Å². The predicted molar refractivity (Wildman–Crippen MR) is 84.0 cm³/mol. The first-order chi connectivity index (χ1) is 9.60. The number of aryl methyl sites for hydroxylation is 2. The van der Waals surface area contributed by atoms with Crippen molar-refractivity contribution >= 4 is 33.2 Å². The number of hydrogen-bond acceptors (Lipinski definition) is 3. The maximum absolute atomic E-state index is 11.1. The number of aromatic carboxylic acids is 1. The largest absolute Gasteiger partial charge is 0.497 e. The lowest BCUT2D eigenvalue weighted by atomic mass is 10.1. The monoisotopic (exact) mass is 354 g/mol. The van der Waals surface area contributed by atoms with Gasteiger partial charge in [-0.15, -0.1) is 11.3 Å². The predicted octanol–water partition coefficient (Wildman–Crippen LogP) is 4.39. The van der Waals surface area contributed by atoms with Crippen molar-refractivity contribution in [2.24, 2.45) is 0 Å². The summed E-state index contributed by atoms with van der Waals surface area (Å²) >= 11 is 4.85. The average molecular weight is 355 g/mol. The Hall–Kier alpha value is -1.33. The average Bonchev–Trinajstić information content (AvgIpc) is 2.81. The number of benzene rings is 1. The van der Waals surface area contributed by atoms with Crippen molar-refractivity contribution in [2.75, 3.05) is 7.11 Å². The van der Waals surface area contributed by atoms with Crippen molar-refractivity contribution in [3.8, 4) is 5.75 Å². The zero-order valence-electron chi connectivity index (χ0n) is 11.1. The van der Waals surface area contributed by atoms with E-state index >= 15 is 0 Å². The second-order valence-corrected chi connectivity index (χ2v) is 6.91. The third-order valence-corrected chi connectivity index (χ3v) is 4.74. The molecule has 1 aromatic heterocycles. The lowest BCUT2D eigenvalue weighted by Crippen LogP contribution is -1.99. The van der Waals surface area contributed by atoms with Gasteiger partial charge in [-0.3, -0.25) is 0 Å². The first-order valence-corrected chi connectivity index (χ1v) is 7.85. The summed E-state index contributed by atoms with van der Waals surface area (Å²) in [7, 11) is 1.65. The molecule has 1 aromatic carbocycles. The van der Waals surface area contributed by atoms with E-state index in [1.54, 1.807) is 13.2 Å². The van der Waals surface area contributed by atoms with E-state index in [0.29, 0.717) is 5.56 Å². The summed E-state index contributed by atoms with van der Waals surface area (Å²) in [6.45, 7) is 0. The molecule has 0 saturated heterocycles. The molecule has 2 aromatic rings. The van der Waals surface area contributed by atoms with Gasteiger partial charge < -0.3 is 9.84 Å². The molecule has 0 aliphatic rings. The molecule has 0 unspecified atom stereocenters.